The zero-order valence-corrected chi connectivity index (χ0v) is 10.8. The Morgan fingerprint density at radius 3 is 2.93 bits per heavy atom. The van der Waals surface area contributed by atoms with Crippen LogP contribution in [-0.4, -0.2) is 23.0 Å². The summed E-state index contributed by atoms with van der Waals surface area (Å²) in [5.41, 5.74) is 2.05. The average Bonchev–Trinajstić information content (AvgIpc) is 2.20. The summed E-state index contributed by atoms with van der Waals surface area (Å²) in [5.74, 6) is 2.41. The predicted molar refractivity (Wildman–Crippen MR) is 70.1 cm³/mol. The maximum Gasteiger partial charge on any atom is 0.129 e. The molecular weight excluding hydrogens is 228 g/mol. The van der Waals surface area contributed by atoms with Gasteiger partial charge in [0.15, 0.2) is 0 Å². The number of nitrogens with zero attached hydrogens (tertiary/aromatic N) is 1. The molecule has 0 aliphatic carbocycles. The number of nitrogens with one attached hydrogen (secondary N) is 1. The standard InChI is InChI=1S/C11H17ClN2S/c1-3-15-8-4-7-13-10-5-6-11(12)14-9(10)2/h5-6,13H,3-4,7-8H2,1-2H3. The molecule has 0 radical (unpaired) electrons. The highest BCUT2D eigenvalue weighted by Crippen LogP contribution is 2.15. The van der Waals surface area contributed by atoms with Crippen LogP contribution in [0.15, 0.2) is 12.1 Å². The monoisotopic (exact) mass is 244 g/mol. The fraction of sp³-hybridized carbons (Fsp3) is 0.545. The Hall–Kier alpha value is -0.410. The topological polar surface area (TPSA) is 24.9 Å². The molecule has 0 amide bonds. The quantitative estimate of drug-likeness (QED) is 0.612. The Labute approximate surface area is 101 Å². The molecule has 0 atom stereocenters. The number of hydrogen-bond donors (Lipinski definition) is 1. The molecule has 4 heteroatoms. The van der Waals surface area contributed by atoms with Gasteiger partial charge in [-0.3, -0.25) is 0 Å². The van der Waals surface area contributed by atoms with Gasteiger partial charge in [-0.25, -0.2) is 4.98 Å². The lowest BCUT2D eigenvalue weighted by Crippen LogP contribution is -2.04. The van der Waals surface area contributed by atoms with Crippen molar-refractivity contribution < 1.29 is 0 Å². The van der Waals surface area contributed by atoms with Gasteiger partial charge in [0.1, 0.15) is 5.15 Å². The normalized spacial score (nSPS) is 10.3. The highest BCUT2D eigenvalue weighted by molar-refractivity contribution is 7.99. The molecule has 1 aromatic rings. The summed E-state index contributed by atoms with van der Waals surface area (Å²) in [6.45, 7) is 5.15. The molecule has 1 aromatic heterocycles. The number of hydrogen-bond acceptors (Lipinski definition) is 3. The molecule has 0 aliphatic rings. The maximum absolute atomic E-state index is 5.78. The van der Waals surface area contributed by atoms with Crippen LogP contribution in [0.1, 0.15) is 19.0 Å². The number of thioether (sulfide) groups is 1. The third-order valence-corrected chi connectivity index (χ3v) is 3.23. The molecule has 1 rings (SSSR count). The minimum Gasteiger partial charge on any atom is -0.384 e. The van der Waals surface area contributed by atoms with Crippen LogP contribution >= 0.6 is 23.4 Å². The van der Waals surface area contributed by atoms with E-state index in [2.05, 4.69) is 17.2 Å². The van der Waals surface area contributed by atoms with E-state index in [9.17, 15) is 0 Å². The number of rotatable bonds is 6. The van der Waals surface area contributed by atoms with Gasteiger partial charge in [-0.05, 0) is 37.0 Å². The van der Waals surface area contributed by atoms with Crippen molar-refractivity contribution in [2.45, 2.75) is 20.3 Å². The van der Waals surface area contributed by atoms with Crippen LogP contribution in [0.25, 0.3) is 0 Å². The van der Waals surface area contributed by atoms with Crippen molar-refractivity contribution in [3.05, 3.63) is 23.0 Å². The van der Waals surface area contributed by atoms with Crippen molar-refractivity contribution in [2.24, 2.45) is 0 Å². The number of pyridine rings is 1. The van der Waals surface area contributed by atoms with Crippen LogP contribution in [0, 0.1) is 6.92 Å². The van der Waals surface area contributed by atoms with Crippen LogP contribution in [0.5, 0.6) is 0 Å². The lowest BCUT2D eigenvalue weighted by Gasteiger charge is -2.08. The summed E-state index contributed by atoms with van der Waals surface area (Å²) >= 11 is 7.75. The van der Waals surface area contributed by atoms with Crippen LogP contribution < -0.4 is 5.32 Å². The zero-order valence-electron chi connectivity index (χ0n) is 9.22. The van der Waals surface area contributed by atoms with Crippen LogP contribution in [0.2, 0.25) is 5.15 Å². The van der Waals surface area contributed by atoms with Gasteiger partial charge in [-0.1, -0.05) is 18.5 Å². The molecule has 0 fully saturated rings. The van der Waals surface area contributed by atoms with Crippen molar-refractivity contribution in [3.63, 3.8) is 0 Å². The first-order chi connectivity index (χ1) is 7.24. The van der Waals surface area contributed by atoms with E-state index in [0.717, 1.165) is 17.9 Å². The fourth-order valence-electron chi connectivity index (χ4n) is 1.26. The van der Waals surface area contributed by atoms with E-state index in [0.29, 0.717) is 5.15 Å². The van der Waals surface area contributed by atoms with Crippen molar-refractivity contribution in [3.8, 4) is 0 Å². The second-order valence-electron chi connectivity index (χ2n) is 3.24. The smallest absolute Gasteiger partial charge is 0.129 e. The molecule has 0 saturated heterocycles. The molecule has 0 saturated carbocycles. The first-order valence-electron chi connectivity index (χ1n) is 5.18. The lowest BCUT2D eigenvalue weighted by atomic mass is 10.3. The van der Waals surface area contributed by atoms with Crippen LogP contribution in [-0.2, 0) is 0 Å². The van der Waals surface area contributed by atoms with E-state index in [4.69, 9.17) is 11.6 Å². The van der Waals surface area contributed by atoms with Gasteiger partial charge < -0.3 is 5.32 Å². The van der Waals surface area contributed by atoms with Gasteiger partial charge in [0, 0.05) is 6.54 Å². The van der Waals surface area contributed by atoms with Gasteiger partial charge in [-0.15, -0.1) is 0 Å². The van der Waals surface area contributed by atoms with E-state index in [-0.39, 0.29) is 0 Å². The number of halogens is 1. The summed E-state index contributed by atoms with van der Waals surface area (Å²) < 4.78 is 0. The van der Waals surface area contributed by atoms with Crippen molar-refractivity contribution in [1.82, 2.24) is 4.98 Å². The minimum absolute atomic E-state index is 0.555. The maximum atomic E-state index is 5.78. The minimum atomic E-state index is 0.555. The Kier molecular flexibility index (Phi) is 5.88. The SMILES string of the molecule is CCSCCCNc1ccc(Cl)nc1C. The largest absolute Gasteiger partial charge is 0.384 e. The summed E-state index contributed by atoms with van der Waals surface area (Å²) in [6.07, 6.45) is 1.18. The van der Waals surface area contributed by atoms with E-state index in [1.54, 1.807) is 0 Å². The van der Waals surface area contributed by atoms with E-state index in [1.165, 1.54) is 17.9 Å². The number of anilines is 1. The highest BCUT2D eigenvalue weighted by Gasteiger charge is 1.99. The molecule has 0 unspecified atom stereocenters. The third-order valence-electron chi connectivity index (χ3n) is 2.04. The highest BCUT2D eigenvalue weighted by atomic mass is 35.5. The second-order valence-corrected chi connectivity index (χ2v) is 5.03. The molecule has 84 valence electrons. The Morgan fingerprint density at radius 1 is 1.47 bits per heavy atom. The third kappa shape index (κ3) is 4.76. The first-order valence-corrected chi connectivity index (χ1v) is 6.72. The summed E-state index contributed by atoms with van der Waals surface area (Å²) in [5, 5.41) is 3.92. The van der Waals surface area contributed by atoms with Crippen LogP contribution in [0.3, 0.4) is 0 Å². The van der Waals surface area contributed by atoms with Gasteiger partial charge in [-0.2, -0.15) is 11.8 Å². The second kappa shape index (κ2) is 6.96. The molecule has 0 bridgehead atoms. The summed E-state index contributed by atoms with van der Waals surface area (Å²) in [6, 6.07) is 3.80. The van der Waals surface area contributed by atoms with E-state index >= 15 is 0 Å². The zero-order chi connectivity index (χ0) is 11.1. The van der Waals surface area contributed by atoms with Crippen molar-refractivity contribution in [2.75, 3.05) is 23.4 Å². The van der Waals surface area contributed by atoms with E-state index < -0.39 is 0 Å². The number of aryl methyl sites for hydroxylation is 1. The van der Waals surface area contributed by atoms with Gasteiger partial charge >= 0.3 is 0 Å². The van der Waals surface area contributed by atoms with E-state index in [1.807, 2.05) is 30.8 Å². The first kappa shape index (κ1) is 12.7. The molecule has 0 spiro atoms. The summed E-state index contributed by atoms with van der Waals surface area (Å²) in [7, 11) is 0. The lowest BCUT2D eigenvalue weighted by molar-refractivity contribution is 0.984. The fourth-order valence-corrected chi connectivity index (χ4v) is 2.09. The predicted octanol–water partition coefficient (Wildman–Crippen LogP) is 3.60. The van der Waals surface area contributed by atoms with Gasteiger partial charge in [0.2, 0.25) is 0 Å². The Balaban J connectivity index is 2.31. The van der Waals surface area contributed by atoms with Crippen molar-refractivity contribution in [1.29, 1.82) is 0 Å². The molecule has 1 heterocycles. The molecule has 0 aliphatic heterocycles. The van der Waals surface area contributed by atoms with Gasteiger partial charge in [0.25, 0.3) is 0 Å². The number of aromatic nitrogens is 1. The average molecular weight is 245 g/mol. The van der Waals surface area contributed by atoms with Crippen LogP contribution in [0.4, 0.5) is 5.69 Å². The molecule has 15 heavy (non-hydrogen) atoms. The summed E-state index contributed by atoms with van der Waals surface area (Å²) in [4.78, 5) is 4.19. The van der Waals surface area contributed by atoms with Gasteiger partial charge in [0.05, 0.1) is 11.4 Å². The molecular formula is C11H17ClN2S. The van der Waals surface area contributed by atoms with Crippen molar-refractivity contribution >= 4 is 29.1 Å². The Bertz CT molecular complexity index is 305. The molecule has 2 nitrogen and oxygen atoms in total. The molecule has 1 N–H and O–H groups in total. The molecule has 0 aromatic carbocycles. The Morgan fingerprint density at radius 2 is 2.27 bits per heavy atom.